The van der Waals surface area contributed by atoms with Gasteiger partial charge in [-0.1, -0.05) is 0 Å². The Bertz CT molecular complexity index is 314. The zero-order valence-electron chi connectivity index (χ0n) is 12.1. The number of hydrogen-bond donors (Lipinski definition) is 1. The molecule has 0 aromatic heterocycles. The molecule has 18 heavy (non-hydrogen) atoms. The van der Waals surface area contributed by atoms with Gasteiger partial charge in [-0.05, 0) is 59.9 Å². The van der Waals surface area contributed by atoms with Gasteiger partial charge in [0.1, 0.15) is 5.60 Å². The number of likely N-dealkylation sites (tertiary alicyclic amines) is 1. The van der Waals surface area contributed by atoms with Crippen molar-refractivity contribution < 1.29 is 9.53 Å². The molecule has 0 aromatic rings. The molecule has 0 atom stereocenters. The molecule has 1 spiro atoms. The first kappa shape index (κ1) is 13.7. The van der Waals surface area contributed by atoms with E-state index in [4.69, 9.17) is 4.74 Å². The van der Waals surface area contributed by atoms with Crippen LogP contribution in [0.5, 0.6) is 0 Å². The van der Waals surface area contributed by atoms with Crippen LogP contribution in [-0.2, 0) is 4.74 Å². The summed E-state index contributed by atoms with van der Waals surface area (Å²) in [5, 5.41) is 3.34. The number of carbonyl (C=O) groups is 1. The third kappa shape index (κ3) is 2.63. The molecule has 0 unspecified atom stereocenters. The van der Waals surface area contributed by atoms with Crippen molar-refractivity contribution in [2.45, 2.75) is 70.1 Å². The van der Waals surface area contributed by atoms with Gasteiger partial charge in [-0.2, -0.15) is 0 Å². The topological polar surface area (TPSA) is 41.6 Å². The normalized spacial score (nSPS) is 32.2. The average molecular weight is 254 g/mol. The molecule has 1 amide bonds. The van der Waals surface area contributed by atoms with Crippen LogP contribution in [-0.4, -0.2) is 41.8 Å². The number of nitrogens with zero attached hydrogens (tertiary/aromatic N) is 1. The van der Waals surface area contributed by atoms with Crippen molar-refractivity contribution >= 4 is 6.09 Å². The van der Waals surface area contributed by atoms with E-state index in [0.29, 0.717) is 6.04 Å². The van der Waals surface area contributed by atoms with Crippen LogP contribution in [0.25, 0.3) is 0 Å². The quantitative estimate of drug-likeness (QED) is 0.782. The molecular formula is C14H26N2O2. The lowest BCUT2D eigenvalue weighted by Gasteiger charge is -2.55. The molecule has 2 rings (SSSR count). The maximum atomic E-state index is 12.2. The van der Waals surface area contributed by atoms with Crippen molar-refractivity contribution in [1.29, 1.82) is 0 Å². The summed E-state index contributed by atoms with van der Waals surface area (Å²) in [6.07, 6.45) is 5.56. The van der Waals surface area contributed by atoms with Gasteiger partial charge in [-0.3, -0.25) is 0 Å². The lowest BCUT2D eigenvalue weighted by molar-refractivity contribution is -0.0620. The number of nitrogens with one attached hydrogen (secondary N) is 1. The largest absolute Gasteiger partial charge is 0.444 e. The summed E-state index contributed by atoms with van der Waals surface area (Å²) in [4.78, 5) is 14.1. The van der Waals surface area contributed by atoms with E-state index in [9.17, 15) is 4.79 Å². The number of hydrogen-bond acceptors (Lipinski definition) is 3. The highest BCUT2D eigenvalue weighted by Gasteiger charge is 2.50. The highest BCUT2D eigenvalue weighted by atomic mass is 16.6. The Morgan fingerprint density at radius 3 is 2.28 bits per heavy atom. The van der Waals surface area contributed by atoms with Crippen LogP contribution in [0.1, 0.15) is 52.9 Å². The molecule has 1 aliphatic carbocycles. The predicted molar refractivity (Wildman–Crippen MR) is 71.6 cm³/mol. The lowest BCUT2D eigenvalue weighted by Crippen LogP contribution is -2.64. The van der Waals surface area contributed by atoms with Crippen LogP contribution in [0.15, 0.2) is 0 Å². The Kier molecular flexibility index (Phi) is 3.58. The van der Waals surface area contributed by atoms with Crippen molar-refractivity contribution in [3.05, 3.63) is 0 Å². The molecule has 1 saturated heterocycles. The van der Waals surface area contributed by atoms with Crippen molar-refractivity contribution in [3.63, 3.8) is 0 Å². The first-order valence-corrected chi connectivity index (χ1v) is 7.04. The van der Waals surface area contributed by atoms with Gasteiger partial charge in [0.25, 0.3) is 0 Å². The van der Waals surface area contributed by atoms with Gasteiger partial charge in [0.15, 0.2) is 0 Å². The molecule has 1 N–H and O–H groups in total. The van der Waals surface area contributed by atoms with Crippen molar-refractivity contribution in [2.24, 2.45) is 0 Å². The van der Waals surface area contributed by atoms with Crippen LogP contribution in [0, 0.1) is 0 Å². The molecular weight excluding hydrogens is 228 g/mol. The minimum atomic E-state index is -0.393. The first-order chi connectivity index (χ1) is 8.36. The Morgan fingerprint density at radius 1 is 1.28 bits per heavy atom. The number of amides is 1. The fourth-order valence-electron chi connectivity index (χ4n) is 3.11. The monoisotopic (exact) mass is 254 g/mol. The van der Waals surface area contributed by atoms with Crippen LogP contribution in [0.3, 0.4) is 0 Å². The van der Waals surface area contributed by atoms with E-state index in [0.717, 1.165) is 38.6 Å². The molecule has 2 fully saturated rings. The molecule has 1 aliphatic heterocycles. The summed E-state index contributed by atoms with van der Waals surface area (Å²) in [5.74, 6) is 0. The van der Waals surface area contributed by atoms with Gasteiger partial charge < -0.3 is 15.0 Å². The minimum absolute atomic E-state index is 0.107. The number of ether oxygens (including phenoxy) is 1. The fourth-order valence-corrected chi connectivity index (χ4v) is 3.11. The average Bonchev–Trinajstić information content (AvgIpc) is 2.25. The summed E-state index contributed by atoms with van der Waals surface area (Å²) in [6, 6.07) is 0.622. The van der Waals surface area contributed by atoms with Crippen LogP contribution in [0.2, 0.25) is 0 Å². The first-order valence-electron chi connectivity index (χ1n) is 7.04. The second-order valence-corrected chi connectivity index (χ2v) is 6.67. The molecule has 4 nitrogen and oxygen atoms in total. The van der Waals surface area contributed by atoms with E-state index in [-0.39, 0.29) is 11.6 Å². The van der Waals surface area contributed by atoms with Gasteiger partial charge in [0.05, 0.1) is 0 Å². The molecule has 4 heteroatoms. The summed E-state index contributed by atoms with van der Waals surface area (Å²) < 4.78 is 5.49. The van der Waals surface area contributed by atoms with Crippen molar-refractivity contribution in [1.82, 2.24) is 10.2 Å². The van der Waals surface area contributed by atoms with E-state index in [1.165, 1.54) is 0 Å². The molecule has 1 saturated carbocycles. The predicted octanol–water partition coefficient (Wildman–Crippen LogP) is 2.53. The van der Waals surface area contributed by atoms with E-state index < -0.39 is 5.60 Å². The molecule has 2 aliphatic rings. The van der Waals surface area contributed by atoms with Crippen LogP contribution >= 0.6 is 0 Å². The van der Waals surface area contributed by atoms with Gasteiger partial charge in [0.2, 0.25) is 0 Å². The Balaban J connectivity index is 1.94. The van der Waals surface area contributed by atoms with E-state index >= 15 is 0 Å². The second kappa shape index (κ2) is 4.72. The van der Waals surface area contributed by atoms with Crippen LogP contribution in [0.4, 0.5) is 4.79 Å². The van der Waals surface area contributed by atoms with Gasteiger partial charge >= 0.3 is 6.09 Å². The van der Waals surface area contributed by atoms with Crippen LogP contribution < -0.4 is 5.32 Å². The highest BCUT2D eigenvalue weighted by Crippen LogP contribution is 2.43. The SMILES string of the molecule is CNC1CCC2(CC1)CCN2C(=O)OC(C)(C)C. The summed E-state index contributed by atoms with van der Waals surface area (Å²) in [5.41, 5.74) is -0.286. The van der Waals surface area contributed by atoms with Gasteiger partial charge in [-0.15, -0.1) is 0 Å². The smallest absolute Gasteiger partial charge is 0.410 e. The Morgan fingerprint density at radius 2 is 1.89 bits per heavy atom. The van der Waals surface area contributed by atoms with E-state index in [1.54, 1.807) is 0 Å². The van der Waals surface area contributed by atoms with Gasteiger partial charge in [-0.25, -0.2) is 4.79 Å². The Labute approximate surface area is 110 Å². The number of rotatable bonds is 1. The maximum Gasteiger partial charge on any atom is 0.410 e. The third-order valence-electron chi connectivity index (χ3n) is 4.31. The second-order valence-electron chi connectivity index (χ2n) is 6.67. The van der Waals surface area contributed by atoms with Crippen molar-refractivity contribution in [2.75, 3.05) is 13.6 Å². The van der Waals surface area contributed by atoms with E-state index in [2.05, 4.69) is 5.32 Å². The Hall–Kier alpha value is -0.770. The summed E-state index contributed by atoms with van der Waals surface area (Å²) in [7, 11) is 2.02. The van der Waals surface area contributed by atoms with E-state index in [1.807, 2.05) is 32.7 Å². The highest BCUT2D eigenvalue weighted by molar-refractivity contribution is 5.70. The molecule has 104 valence electrons. The summed E-state index contributed by atoms with van der Waals surface area (Å²) >= 11 is 0. The minimum Gasteiger partial charge on any atom is -0.444 e. The standard InChI is InChI=1S/C14H26N2O2/c1-13(2,3)18-12(17)16-10-9-14(16)7-5-11(15-4)6-8-14/h11,15H,5-10H2,1-4H3. The summed E-state index contributed by atoms with van der Waals surface area (Å²) in [6.45, 7) is 6.64. The molecule has 0 radical (unpaired) electrons. The maximum absolute atomic E-state index is 12.2. The zero-order chi connectivity index (χ0) is 13.4. The molecule has 1 heterocycles. The molecule has 0 aromatic carbocycles. The third-order valence-corrected chi connectivity index (χ3v) is 4.31. The lowest BCUT2D eigenvalue weighted by atomic mass is 9.71. The number of carbonyl (C=O) groups excluding carboxylic acids is 1. The van der Waals surface area contributed by atoms with Gasteiger partial charge in [0, 0.05) is 18.1 Å². The van der Waals surface area contributed by atoms with Crippen molar-refractivity contribution in [3.8, 4) is 0 Å². The zero-order valence-corrected chi connectivity index (χ0v) is 12.1. The fraction of sp³-hybridized carbons (Fsp3) is 0.929. The molecule has 0 bridgehead atoms.